The van der Waals surface area contributed by atoms with Crippen LogP contribution in [0, 0.1) is 0 Å². The normalized spacial score (nSPS) is 16.9. The van der Waals surface area contributed by atoms with Crippen LogP contribution in [0.1, 0.15) is 29.6 Å². The molecule has 1 fully saturated rings. The predicted octanol–water partition coefficient (Wildman–Crippen LogP) is 2.37. The number of nitrogens with zero attached hydrogens (tertiary/aromatic N) is 1. The van der Waals surface area contributed by atoms with Crippen molar-refractivity contribution in [3.63, 3.8) is 0 Å². The smallest absolute Gasteiger partial charge is 0.337 e. The van der Waals surface area contributed by atoms with Gasteiger partial charge in [-0.25, -0.2) is 18.2 Å². The summed E-state index contributed by atoms with van der Waals surface area (Å²) < 4.78 is 24.7. The molecule has 0 spiro atoms. The van der Waals surface area contributed by atoms with E-state index in [4.69, 9.17) is 28.3 Å². The van der Waals surface area contributed by atoms with Crippen LogP contribution >= 0.6 is 23.2 Å². The lowest BCUT2D eigenvalue weighted by Crippen LogP contribution is -2.45. The van der Waals surface area contributed by atoms with Crippen LogP contribution in [0.5, 0.6) is 0 Å². The Labute approximate surface area is 132 Å². The van der Waals surface area contributed by atoms with E-state index in [0.717, 1.165) is 31.4 Å². The number of aromatic carboxylic acids is 1. The van der Waals surface area contributed by atoms with E-state index in [2.05, 4.69) is 4.83 Å². The van der Waals surface area contributed by atoms with Gasteiger partial charge in [-0.05, 0) is 25.0 Å². The zero-order valence-corrected chi connectivity index (χ0v) is 13.3. The molecule has 0 amide bonds. The summed E-state index contributed by atoms with van der Waals surface area (Å²) in [6.07, 6.45) is 2.84. The Balaban J connectivity index is 2.37. The van der Waals surface area contributed by atoms with Crippen molar-refractivity contribution in [2.24, 2.45) is 0 Å². The molecule has 1 aliphatic heterocycles. The first kappa shape index (κ1) is 16.5. The summed E-state index contributed by atoms with van der Waals surface area (Å²) in [5.41, 5.74) is -0.344. The Kier molecular flexibility index (Phi) is 5.11. The number of halogens is 2. The van der Waals surface area contributed by atoms with Gasteiger partial charge in [0, 0.05) is 18.1 Å². The first-order valence-electron chi connectivity index (χ1n) is 6.31. The number of hydrogen-bond acceptors (Lipinski definition) is 4. The maximum Gasteiger partial charge on any atom is 0.337 e. The minimum Gasteiger partial charge on any atom is -0.478 e. The third-order valence-corrected chi connectivity index (χ3v) is 5.27. The molecule has 0 unspecified atom stereocenters. The highest BCUT2D eigenvalue weighted by Crippen LogP contribution is 2.29. The molecular formula is C12H14Cl2N2O4S. The van der Waals surface area contributed by atoms with Gasteiger partial charge in [-0.2, -0.15) is 0 Å². The molecular weight excluding hydrogens is 339 g/mol. The highest BCUT2D eigenvalue weighted by atomic mass is 35.5. The zero-order valence-electron chi connectivity index (χ0n) is 11.0. The van der Waals surface area contributed by atoms with E-state index >= 15 is 0 Å². The van der Waals surface area contributed by atoms with Crippen molar-refractivity contribution in [1.29, 1.82) is 0 Å². The number of carboxylic acid groups (broad SMARTS) is 1. The summed E-state index contributed by atoms with van der Waals surface area (Å²) in [4.78, 5) is 13.2. The Morgan fingerprint density at radius 1 is 1.19 bits per heavy atom. The Morgan fingerprint density at radius 3 is 2.38 bits per heavy atom. The molecule has 0 radical (unpaired) electrons. The maximum atomic E-state index is 12.4. The summed E-state index contributed by atoms with van der Waals surface area (Å²) in [6, 6.07) is 2.26. The van der Waals surface area contributed by atoms with E-state index in [-0.39, 0.29) is 20.5 Å². The monoisotopic (exact) mass is 352 g/mol. The van der Waals surface area contributed by atoms with Gasteiger partial charge in [0.25, 0.3) is 10.0 Å². The van der Waals surface area contributed by atoms with Crippen molar-refractivity contribution in [1.82, 2.24) is 9.84 Å². The van der Waals surface area contributed by atoms with E-state index in [0.29, 0.717) is 13.1 Å². The minimum atomic E-state index is -3.97. The molecule has 0 bridgehead atoms. The second-order valence-electron chi connectivity index (χ2n) is 4.71. The van der Waals surface area contributed by atoms with Crippen molar-refractivity contribution < 1.29 is 18.3 Å². The lowest BCUT2D eigenvalue weighted by molar-refractivity contribution is 0.0697. The van der Waals surface area contributed by atoms with Gasteiger partial charge in [-0.15, -0.1) is 4.83 Å². The van der Waals surface area contributed by atoms with Gasteiger partial charge in [-0.3, -0.25) is 0 Å². The van der Waals surface area contributed by atoms with Gasteiger partial charge in [0.05, 0.1) is 10.6 Å². The van der Waals surface area contributed by atoms with Crippen LogP contribution in [-0.2, 0) is 10.0 Å². The van der Waals surface area contributed by atoms with E-state index in [9.17, 15) is 13.2 Å². The van der Waals surface area contributed by atoms with Crippen molar-refractivity contribution in [3.05, 3.63) is 27.7 Å². The minimum absolute atomic E-state index is 0.00387. The maximum absolute atomic E-state index is 12.4. The average molecular weight is 353 g/mol. The number of hydrogen-bond donors (Lipinski definition) is 2. The fraction of sp³-hybridized carbons (Fsp3) is 0.417. The highest BCUT2D eigenvalue weighted by Gasteiger charge is 2.26. The van der Waals surface area contributed by atoms with E-state index < -0.39 is 16.0 Å². The Morgan fingerprint density at radius 2 is 1.81 bits per heavy atom. The molecule has 2 rings (SSSR count). The molecule has 0 aliphatic carbocycles. The fourth-order valence-electron chi connectivity index (χ4n) is 2.12. The van der Waals surface area contributed by atoms with Crippen LogP contribution in [0.4, 0.5) is 0 Å². The lowest BCUT2D eigenvalue weighted by Gasteiger charge is -2.26. The largest absolute Gasteiger partial charge is 0.478 e. The standard InChI is InChI=1S/C12H14Cl2N2O4S/c13-8-6-9(12(17)18)11(14)10(7-8)21(19,20)15-16-4-2-1-3-5-16/h6-7,15H,1-5H2,(H,17,18). The number of rotatable bonds is 4. The van der Waals surface area contributed by atoms with Crippen LogP contribution in [0.15, 0.2) is 17.0 Å². The molecule has 116 valence electrons. The number of hydrazine groups is 1. The molecule has 6 nitrogen and oxygen atoms in total. The molecule has 0 aromatic heterocycles. The van der Waals surface area contributed by atoms with Crippen LogP contribution in [-0.4, -0.2) is 37.6 Å². The van der Waals surface area contributed by atoms with Crippen LogP contribution < -0.4 is 4.83 Å². The summed E-state index contributed by atoms with van der Waals surface area (Å²) in [7, 11) is -3.97. The molecule has 1 aromatic carbocycles. The second kappa shape index (κ2) is 6.50. The molecule has 0 saturated carbocycles. The number of benzene rings is 1. The van der Waals surface area contributed by atoms with Crippen molar-refractivity contribution in [3.8, 4) is 0 Å². The van der Waals surface area contributed by atoms with Gasteiger partial charge >= 0.3 is 5.97 Å². The summed E-state index contributed by atoms with van der Waals surface area (Å²) >= 11 is 11.7. The molecule has 1 saturated heterocycles. The first-order valence-corrected chi connectivity index (χ1v) is 8.55. The quantitative estimate of drug-likeness (QED) is 0.868. The second-order valence-corrected chi connectivity index (χ2v) is 7.16. The molecule has 1 aromatic rings. The Hall–Kier alpha value is -0.860. The number of piperidine rings is 1. The molecule has 2 N–H and O–H groups in total. The molecule has 21 heavy (non-hydrogen) atoms. The van der Waals surface area contributed by atoms with Crippen molar-refractivity contribution >= 4 is 39.2 Å². The topological polar surface area (TPSA) is 86.7 Å². The average Bonchev–Trinajstić information content (AvgIpc) is 2.41. The van der Waals surface area contributed by atoms with Crippen LogP contribution in [0.2, 0.25) is 10.0 Å². The van der Waals surface area contributed by atoms with Gasteiger partial charge < -0.3 is 5.11 Å². The molecule has 9 heteroatoms. The number of carboxylic acids is 1. The van der Waals surface area contributed by atoms with E-state index in [1.807, 2.05) is 0 Å². The summed E-state index contributed by atoms with van der Waals surface area (Å²) in [6.45, 7) is 1.20. The Bertz CT molecular complexity index is 657. The number of sulfonamides is 1. The first-order chi connectivity index (χ1) is 9.81. The van der Waals surface area contributed by atoms with Gasteiger partial charge in [0.1, 0.15) is 4.90 Å². The zero-order chi connectivity index (χ0) is 15.6. The lowest BCUT2D eigenvalue weighted by atomic mass is 10.2. The van der Waals surface area contributed by atoms with Crippen LogP contribution in [0.3, 0.4) is 0 Å². The van der Waals surface area contributed by atoms with Crippen molar-refractivity contribution in [2.45, 2.75) is 24.2 Å². The highest BCUT2D eigenvalue weighted by molar-refractivity contribution is 7.89. The van der Waals surface area contributed by atoms with Gasteiger partial charge in [-0.1, -0.05) is 29.6 Å². The SMILES string of the molecule is O=C(O)c1cc(Cl)cc(S(=O)(=O)NN2CCCCC2)c1Cl. The van der Waals surface area contributed by atoms with Gasteiger partial charge in [0.15, 0.2) is 0 Å². The molecule has 1 heterocycles. The van der Waals surface area contributed by atoms with Gasteiger partial charge in [0.2, 0.25) is 0 Å². The summed E-state index contributed by atoms with van der Waals surface area (Å²) in [5.74, 6) is -1.34. The number of nitrogens with one attached hydrogen (secondary N) is 1. The third kappa shape index (κ3) is 3.87. The van der Waals surface area contributed by atoms with Crippen LogP contribution in [0.25, 0.3) is 0 Å². The molecule has 0 atom stereocenters. The van der Waals surface area contributed by atoms with E-state index in [1.165, 1.54) is 0 Å². The fourth-order valence-corrected chi connectivity index (χ4v) is 4.15. The van der Waals surface area contributed by atoms with Crippen molar-refractivity contribution in [2.75, 3.05) is 13.1 Å². The molecule has 1 aliphatic rings. The number of carbonyl (C=O) groups is 1. The predicted molar refractivity (Wildman–Crippen MR) is 79.2 cm³/mol. The summed E-state index contributed by atoms with van der Waals surface area (Å²) in [5, 5.41) is 10.3. The third-order valence-electron chi connectivity index (χ3n) is 3.13. The van der Waals surface area contributed by atoms with E-state index in [1.54, 1.807) is 5.01 Å².